The van der Waals surface area contributed by atoms with Gasteiger partial charge in [0.2, 0.25) is 0 Å². The molecule has 0 radical (unpaired) electrons. The van der Waals surface area contributed by atoms with E-state index < -0.39 is 0 Å². The van der Waals surface area contributed by atoms with Crippen molar-refractivity contribution in [1.82, 2.24) is 5.32 Å². The Bertz CT molecular complexity index is 462. The van der Waals surface area contributed by atoms with Crippen LogP contribution in [-0.2, 0) is 0 Å². The monoisotopic (exact) mass is 264 g/mol. The van der Waals surface area contributed by atoms with Gasteiger partial charge < -0.3 is 10.1 Å². The van der Waals surface area contributed by atoms with Crippen molar-refractivity contribution in [3.63, 3.8) is 0 Å². The number of rotatable bonds is 4. The predicted octanol–water partition coefficient (Wildman–Crippen LogP) is 2.81. The molecule has 1 aliphatic carbocycles. The lowest BCUT2D eigenvalue weighted by Gasteiger charge is -2.31. The zero-order valence-corrected chi connectivity index (χ0v) is 11.4. The van der Waals surface area contributed by atoms with Gasteiger partial charge in [-0.25, -0.2) is 0 Å². The van der Waals surface area contributed by atoms with Crippen molar-refractivity contribution in [2.45, 2.75) is 44.8 Å². The smallest absolute Gasteiger partial charge is 0.276 e. The van der Waals surface area contributed by atoms with Gasteiger partial charge in [0, 0.05) is 11.6 Å². The molecule has 1 aromatic carbocycles. The molecule has 0 saturated heterocycles. The van der Waals surface area contributed by atoms with Crippen molar-refractivity contribution >= 4 is 5.69 Å². The number of aryl methyl sites for hydroxylation is 1. The van der Waals surface area contributed by atoms with Gasteiger partial charge in [0.05, 0.1) is 11.0 Å². The Hall–Kier alpha value is -1.62. The van der Waals surface area contributed by atoms with Crippen LogP contribution in [0.15, 0.2) is 18.2 Å². The molecule has 0 heterocycles. The molecule has 0 amide bonds. The van der Waals surface area contributed by atoms with Crippen molar-refractivity contribution in [2.24, 2.45) is 0 Å². The SMILES string of the molecule is CNC1CCCCC1Oc1ccc(C)c([N+](=O)[O-])c1. The number of nitro benzene ring substituents is 1. The Morgan fingerprint density at radius 2 is 2.11 bits per heavy atom. The van der Waals surface area contributed by atoms with Gasteiger partial charge in [-0.2, -0.15) is 0 Å². The van der Waals surface area contributed by atoms with Gasteiger partial charge in [-0.15, -0.1) is 0 Å². The van der Waals surface area contributed by atoms with Crippen molar-refractivity contribution in [1.29, 1.82) is 0 Å². The highest BCUT2D eigenvalue weighted by Gasteiger charge is 2.25. The average Bonchev–Trinajstić information content (AvgIpc) is 2.41. The summed E-state index contributed by atoms with van der Waals surface area (Å²) in [5.74, 6) is 0.587. The van der Waals surface area contributed by atoms with Crippen LogP contribution in [0.1, 0.15) is 31.2 Å². The number of nitro groups is 1. The Morgan fingerprint density at radius 3 is 2.79 bits per heavy atom. The molecule has 5 heteroatoms. The normalized spacial score (nSPS) is 23.1. The van der Waals surface area contributed by atoms with E-state index in [9.17, 15) is 10.1 Å². The third-order valence-corrected chi connectivity index (χ3v) is 3.74. The van der Waals surface area contributed by atoms with E-state index in [0.29, 0.717) is 17.4 Å². The standard InChI is InChI=1S/C14H20N2O3/c1-10-7-8-11(9-13(10)16(17)18)19-14-6-4-3-5-12(14)15-2/h7-9,12,14-15H,3-6H2,1-2H3. The summed E-state index contributed by atoms with van der Waals surface area (Å²) in [7, 11) is 1.93. The number of benzene rings is 1. The number of ether oxygens (including phenoxy) is 1. The van der Waals surface area contributed by atoms with Crippen molar-refractivity contribution in [2.75, 3.05) is 7.05 Å². The third kappa shape index (κ3) is 3.23. The average molecular weight is 264 g/mol. The first kappa shape index (κ1) is 13.8. The summed E-state index contributed by atoms with van der Waals surface area (Å²) < 4.78 is 5.94. The molecule has 1 saturated carbocycles. The number of hydrogen-bond acceptors (Lipinski definition) is 4. The second-order valence-electron chi connectivity index (χ2n) is 5.04. The molecule has 104 valence electrons. The van der Waals surface area contributed by atoms with Crippen LogP contribution in [0.25, 0.3) is 0 Å². The van der Waals surface area contributed by atoms with Crippen LogP contribution >= 0.6 is 0 Å². The number of likely N-dealkylation sites (N-methyl/N-ethyl adjacent to an activating group) is 1. The zero-order chi connectivity index (χ0) is 13.8. The third-order valence-electron chi connectivity index (χ3n) is 3.74. The summed E-state index contributed by atoms with van der Waals surface area (Å²) in [4.78, 5) is 10.6. The fourth-order valence-electron chi connectivity index (χ4n) is 2.60. The minimum Gasteiger partial charge on any atom is -0.489 e. The van der Waals surface area contributed by atoms with Crippen molar-refractivity contribution < 1.29 is 9.66 Å². The lowest BCUT2D eigenvalue weighted by Crippen LogP contribution is -2.43. The first-order chi connectivity index (χ1) is 9.11. The van der Waals surface area contributed by atoms with Gasteiger partial charge in [0.15, 0.2) is 0 Å². The summed E-state index contributed by atoms with van der Waals surface area (Å²) in [5, 5.41) is 14.2. The van der Waals surface area contributed by atoms with Crippen LogP contribution in [0.3, 0.4) is 0 Å². The van der Waals surface area contributed by atoms with Gasteiger partial charge in [0.1, 0.15) is 11.9 Å². The fraction of sp³-hybridized carbons (Fsp3) is 0.571. The summed E-state index contributed by atoms with van der Waals surface area (Å²) in [6.45, 7) is 1.74. The van der Waals surface area contributed by atoms with Gasteiger partial charge in [-0.05, 0) is 45.4 Å². The topological polar surface area (TPSA) is 64.4 Å². The Balaban J connectivity index is 2.14. The maximum atomic E-state index is 10.9. The molecule has 5 nitrogen and oxygen atoms in total. The van der Waals surface area contributed by atoms with Gasteiger partial charge in [-0.1, -0.05) is 6.42 Å². The molecule has 0 spiro atoms. The predicted molar refractivity (Wildman–Crippen MR) is 73.6 cm³/mol. The Kier molecular flexibility index (Phi) is 4.37. The van der Waals surface area contributed by atoms with E-state index in [4.69, 9.17) is 4.74 Å². The van der Waals surface area contributed by atoms with Gasteiger partial charge >= 0.3 is 0 Å². The molecule has 1 aliphatic rings. The molecule has 19 heavy (non-hydrogen) atoms. The quantitative estimate of drug-likeness (QED) is 0.671. The minimum atomic E-state index is -0.362. The van der Waals surface area contributed by atoms with E-state index in [1.807, 2.05) is 13.1 Å². The number of nitrogens with one attached hydrogen (secondary N) is 1. The van der Waals surface area contributed by atoms with E-state index >= 15 is 0 Å². The zero-order valence-electron chi connectivity index (χ0n) is 11.4. The molecule has 0 bridgehead atoms. The first-order valence-corrected chi connectivity index (χ1v) is 6.71. The maximum Gasteiger partial charge on any atom is 0.276 e. The molecule has 1 N–H and O–H groups in total. The van der Waals surface area contributed by atoms with Crippen LogP contribution in [0.2, 0.25) is 0 Å². The molecule has 2 atom stereocenters. The summed E-state index contributed by atoms with van der Waals surface area (Å²) in [6, 6.07) is 5.40. The van der Waals surface area contributed by atoms with Crippen LogP contribution in [0.5, 0.6) is 5.75 Å². The summed E-state index contributed by atoms with van der Waals surface area (Å²) >= 11 is 0. The van der Waals surface area contributed by atoms with Gasteiger partial charge in [-0.3, -0.25) is 10.1 Å². The fourth-order valence-corrected chi connectivity index (χ4v) is 2.60. The maximum absolute atomic E-state index is 10.9. The molecule has 1 aromatic rings. The van der Waals surface area contributed by atoms with Crippen LogP contribution in [0, 0.1) is 17.0 Å². The van der Waals surface area contributed by atoms with Crippen molar-refractivity contribution in [3.8, 4) is 5.75 Å². The second kappa shape index (κ2) is 6.02. The molecule has 2 rings (SSSR count). The summed E-state index contributed by atoms with van der Waals surface area (Å²) in [6.07, 6.45) is 4.54. The Morgan fingerprint density at radius 1 is 1.37 bits per heavy atom. The molecular weight excluding hydrogens is 244 g/mol. The lowest BCUT2D eigenvalue weighted by atomic mass is 9.92. The summed E-state index contributed by atoms with van der Waals surface area (Å²) in [5.41, 5.74) is 0.778. The highest BCUT2D eigenvalue weighted by molar-refractivity contribution is 5.45. The molecular formula is C14H20N2O3. The Labute approximate surface area is 113 Å². The molecule has 1 fully saturated rings. The van der Waals surface area contributed by atoms with Gasteiger partial charge in [0.25, 0.3) is 5.69 Å². The van der Waals surface area contributed by atoms with Crippen molar-refractivity contribution in [3.05, 3.63) is 33.9 Å². The minimum absolute atomic E-state index is 0.0982. The highest BCUT2D eigenvalue weighted by atomic mass is 16.6. The van der Waals surface area contributed by atoms with E-state index in [1.54, 1.807) is 13.0 Å². The van der Waals surface area contributed by atoms with Crippen LogP contribution in [0.4, 0.5) is 5.69 Å². The van der Waals surface area contributed by atoms with Crippen LogP contribution < -0.4 is 10.1 Å². The largest absolute Gasteiger partial charge is 0.489 e. The molecule has 0 aliphatic heterocycles. The second-order valence-corrected chi connectivity index (χ2v) is 5.04. The van der Waals surface area contributed by atoms with Crippen LogP contribution in [-0.4, -0.2) is 24.1 Å². The van der Waals surface area contributed by atoms with E-state index in [1.165, 1.54) is 12.5 Å². The lowest BCUT2D eigenvalue weighted by molar-refractivity contribution is -0.385. The number of hydrogen-bond donors (Lipinski definition) is 1. The van der Waals surface area contributed by atoms with E-state index in [2.05, 4.69) is 5.32 Å². The molecule has 2 unspecified atom stereocenters. The van der Waals surface area contributed by atoms with E-state index in [0.717, 1.165) is 19.3 Å². The van der Waals surface area contributed by atoms with E-state index in [-0.39, 0.29) is 16.7 Å². The first-order valence-electron chi connectivity index (χ1n) is 6.71. The molecule has 0 aromatic heterocycles. The number of nitrogens with zero attached hydrogens (tertiary/aromatic N) is 1. The highest BCUT2D eigenvalue weighted by Crippen LogP contribution is 2.28.